The Hall–Kier alpha value is -1.02. The Balaban J connectivity index is 1.77. The standard InChI is InChI=1S/C15H22N2/c1-16-9-13-11-17(10-12-5-4-6-12)15-8-3-2-7-14(13)15/h2-3,7-8,12-13,16H,4-6,9-11H2,1H3. The summed E-state index contributed by atoms with van der Waals surface area (Å²) in [5.74, 6) is 1.63. The van der Waals surface area contributed by atoms with Crippen LogP contribution in [-0.2, 0) is 0 Å². The van der Waals surface area contributed by atoms with Gasteiger partial charge in [-0.2, -0.15) is 0 Å². The van der Waals surface area contributed by atoms with Crippen molar-refractivity contribution in [3.05, 3.63) is 29.8 Å². The lowest BCUT2D eigenvalue weighted by Gasteiger charge is -2.31. The fraction of sp³-hybridized carbons (Fsp3) is 0.600. The first-order valence-electron chi connectivity index (χ1n) is 6.87. The first kappa shape index (κ1) is 11.1. The molecule has 3 rings (SSSR count). The summed E-state index contributed by atoms with van der Waals surface area (Å²) >= 11 is 0. The lowest BCUT2D eigenvalue weighted by Crippen LogP contribution is -2.32. The van der Waals surface area contributed by atoms with Gasteiger partial charge >= 0.3 is 0 Å². The molecule has 0 saturated heterocycles. The van der Waals surface area contributed by atoms with E-state index in [-0.39, 0.29) is 0 Å². The minimum Gasteiger partial charge on any atom is -0.370 e. The molecule has 0 bridgehead atoms. The molecule has 0 spiro atoms. The van der Waals surface area contributed by atoms with Gasteiger partial charge in [-0.25, -0.2) is 0 Å². The molecular weight excluding hydrogens is 208 g/mol. The third-order valence-electron chi connectivity index (χ3n) is 4.31. The van der Waals surface area contributed by atoms with Crippen LogP contribution in [-0.4, -0.2) is 26.7 Å². The molecule has 1 saturated carbocycles. The van der Waals surface area contributed by atoms with E-state index in [0.717, 1.165) is 12.5 Å². The van der Waals surface area contributed by atoms with E-state index in [4.69, 9.17) is 0 Å². The van der Waals surface area contributed by atoms with Crippen LogP contribution >= 0.6 is 0 Å². The topological polar surface area (TPSA) is 15.3 Å². The maximum absolute atomic E-state index is 3.33. The summed E-state index contributed by atoms with van der Waals surface area (Å²) in [5, 5.41) is 3.33. The zero-order valence-electron chi connectivity index (χ0n) is 10.7. The number of fused-ring (bicyclic) bond motifs is 1. The zero-order valence-corrected chi connectivity index (χ0v) is 10.7. The van der Waals surface area contributed by atoms with Gasteiger partial charge in [-0.3, -0.25) is 0 Å². The average Bonchev–Trinajstić information content (AvgIpc) is 2.64. The molecule has 1 heterocycles. The van der Waals surface area contributed by atoms with Crippen LogP contribution < -0.4 is 10.2 Å². The van der Waals surface area contributed by atoms with Crippen LogP contribution in [0.25, 0.3) is 0 Å². The van der Waals surface area contributed by atoms with Gasteiger partial charge in [0, 0.05) is 31.2 Å². The maximum atomic E-state index is 3.33. The lowest BCUT2D eigenvalue weighted by atomic mass is 9.85. The number of nitrogens with zero attached hydrogens (tertiary/aromatic N) is 1. The predicted molar refractivity (Wildman–Crippen MR) is 72.7 cm³/mol. The highest BCUT2D eigenvalue weighted by Crippen LogP contribution is 2.38. The summed E-state index contributed by atoms with van der Waals surface area (Å²) in [6, 6.07) is 8.95. The number of para-hydroxylation sites is 1. The van der Waals surface area contributed by atoms with Gasteiger partial charge in [-0.15, -0.1) is 0 Å². The highest BCUT2D eigenvalue weighted by Gasteiger charge is 2.30. The fourth-order valence-corrected chi connectivity index (χ4v) is 3.16. The monoisotopic (exact) mass is 230 g/mol. The van der Waals surface area contributed by atoms with Gasteiger partial charge in [0.2, 0.25) is 0 Å². The van der Waals surface area contributed by atoms with Crippen molar-refractivity contribution in [3.8, 4) is 0 Å². The molecule has 92 valence electrons. The van der Waals surface area contributed by atoms with Gasteiger partial charge < -0.3 is 10.2 Å². The highest BCUT2D eigenvalue weighted by atomic mass is 15.2. The molecule has 0 radical (unpaired) electrons. The molecule has 1 aliphatic heterocycles. The summed E-state index contributed by atoms with van der Waals surface area (Å²) in [6.45, 7) is 3.58. The van der Waals surface area contributed by atoms with Crippen molar-refractivity contribution in [1.29, 1.82) is 0 Å². The number of rotatable bonds is 4. The van der Waals surface area contributed by atoms with Crippen molar-refractivity contribution >= 4 is 5.69 Å². The SMILES string of the molecule is CNCC1CN(CC2CCC2)c2ccccc21. The fourth-order valence-electron chi connectivity index (χ4n) is 3.16. The maximum Gasteiger partial charge on any atom is 0.0403 e. The molecule has 1 atom stereocenters. The Morgan fingerprint density at radius 2 is 2.12 bits per heavy atom. The van der Waals surface area contributed by atoms with E-state index in [2.05, 4.69) is 41.5 Å². The molecule has 1 aromatic rings. The van der Waals surface area contributed by atoms with Crippen molar-refractivity contribution < 1.29 is 0 Å². The Bertz CT molecular complexity index is 384. The van der Waals surface area contributed by atoms with Crippen LogP contribution in [0.4, 0.5) is 5.69 Å². The van der Waals surface area contributed by atoms with Crippen molar-refractivity contribution in [2.75, 3.05) is 31.6 Å². The minimum atomic E-state index is 0.677. The summed E-state index contributed by atoms with van der Waals surface area (Å²) in [7, 11) is 2.05. The summed E-state index contributed by atoms with van der Waals surface area (Å²) in [4.78, 5) is 2.61. The molecular formula is C15H22N2. The molecule has 2 nitrogen and oxygen atoms in total. The van der Waals surface area contributed by atoms with Gasteiger partial charge in [0.05, 0.1) is 0 Å². The second kappa shape index (κ2) is 4.69. The quantitative estimate of drug-likeness (QED) is 0.855. The Morgan fingerprint density at radius 3 is 2.82 bits per heavy atom. The van der Waals surface area contributed by atoms with E-state index in [1.165, 1.54) is 38.0 Å². The Kier molecular flexibility index (Phi) is 3.06. The van der Waals surface area contributed by atoms with E-state index >= 15 is 0 Å². The molecule has 1 aliphatic carbocycles. The smallest absolute Gasteiger partial charge is 0.0403 e. The Morgan fingerprint density at radius 1 is 1.29 bits per heavy atom. The lowest BCUT2D eigenvalue weighted by molar-refractivity contribution is 0.318. The summed E-state index contributed by atoms with van der Waals surface area (Å²) in [6.07, 6.45) is 4.32. The largest absolute Gasteiger partial charge is 0.370 e. The highest BCUT2D eigenvalue weighted by molar-refractivity contribution is 5.60. The van der Waals surface area contributed by atoms with Gasteiger partial charge in [0.15, 0.2) is 0 Å². The molecule has 17 heavy (non-hydrogen) atoms. The van der Waals surface area contributed by atoms with Gasteiger partial charge in [0.1, 0.15) is 0 Å². The van der Waals surface area contributed by atoms with Crippen LogP contribution in [0.15, 0.2) is 24.3 Å². The van der Waals surface area contributed by atoms with E-state index in [9.17, 15) is 0 Å². The molecule has 1 aromatic carbocycles. The number of likely N-dealkylation sites (N-methyl/N-ethyl adjacent to an activating group) is 1. The van der Waals surface area contributed by atoms with Crippen molar-refractivity contribution in [2.24, 2.45) is 5.92 Å². The van der Waals surface area contributed by atoms with E-state index in [1.807, 2.05) is 0 Å². The third-order valence-corrected chi connectivity index (χ3v) is 4.31. The van der Waals surface area contributed by atoms with Crippen molar-refractivity contribution in [2.45, 2.75) is 25.2 Å². The van der Waals surface area contributed by atoms with Gasteiger partial charge in [0.25, 0.3) is 0 Å². The first-order valence-corrected chi connectivity index (χ1v) is 6.87. The molecule has 1 N–H and O–H groups in total. The number of hydrogen-bond donors (Lipinski definition) is 1. The normalized spacial score (nSPS) is 23.6. The van der Waals surface area contributed by atoms with Crippen molar-refractivity contribution in [1.82, 2.24) is 5.32 Å². The van der Waals surface area contributed by atoms with E-state index < -0.39 is 0 Å². The average molecular weight is 230 g/mol. The number of nitrogens with one attached hydrogen (secondary N) is 1. The zero-order chi connectivity index (χ0) is 11.7. The predicted octanol–water partition coefficient (Wildman–Crippen LogP) is 2.61. The van der Waals surface area contributed by atoms with Crippen LogP contribution in [0.1, 0.15) is 30.7 Å². The third kappa shape index (κ3) is 2.06. The molecule has 2 aliphatic rings. The van der Waals surface area contributed by atoms with Crippen LogP contribution in [0, 0.1) is 5.92 Å². The molecule has 2 heteroatoms. The van der Waals surface area contributed by atoms with Crippen LogP contribution in [0.3, 0.4) is 0 Å². The van der Waals surface area contributed by atoms with Crippen LogP contribution in [0.2, 0.25) is 0 Å². The summed E-state index contributed by atoms with van der Waals surface area (Å²) in [5.41, 5.74) is 3.03. The van der Waals surface area contributed by atoms with E-state index in [1.54, 1.807) is 5.56 Å². The second-order valence-electron chi connectivity index (χ2n) is 5.52. The molecule has 0 aromatic heterocycles. The first-order chi connectivity index (χ1) is 8.38. The molecule has 1 unspecified atom stereocenters. The minimum absolute atomic E-state index is 0.677. The number of benzene rings is 1. The molecule has 1 fully saturated rings. The van der Waals surface area contributed by atoms with E-state index in [0.29, 0.717) is 5.92 Å². The molecule has 0 amide bonds. The van der Waals surface area contributed by atoms with Gasteiger partial charge in [-0.1, -0.05) is 24.6 Å². The van der Waals surface area contributed by atoms with Crippen LogP contribution in [0.5, 0.6) is 0 Å². The number of hydrogen-bond acceptors (Lipinski definition) is 2. The second-order valence-corrected chi connectivity index (χ2v) is 5.52. The van der Waals surface area contributed by atoms with Gasteiger partial charge in [-0.05, 0) is 37.4 Å². The Labute approximate surface area is 104 Å². The number of anilines is 1. The summed E-state index contributed by atoms with van der Waals surface area (Å²) < 4.78 is 0. The van der Waals surface area contributed by atoms with Crippen molar-refractivity contribution in [3.63, 3.8) is 0 Å².